The van der Waals surface area contributed by atoms with Gasteiger partial charge in [-0.1, -0.05) is 6.42 Å². The summed E-state index contributed by atoms with van der Waals surface area (Å²) >= 11 is 0. The highest BCUT2D eigenvalue weighted by Gasteiger charge is 2.32. The van der Waals surface area contributed by atoms with Gasteiger partial charge in [0.2, 0.25) is 11.8 Å². The van der Waals surface area contributed by atoms with Crippen LogP contribution in [0, 0.1) is 0 Å². The van der Waals surface area contributed by atoms with Crippen molar-refractivity contribution in [1.29, 1.82) is 0 Å². The van der Waals surface area contributed by atoms with E-state index >= 15 is 0 Å². The number of amides is 2. The Morgan fingerprint density at radius 2 is 1.95 bits per heavy atom. The standard InChI is InChI=1S/C15H27N3O3/c1-2-16-14(19)6-8-17-7-4-3-5-13(17)15(20)18-9-11-21-12-10-18/h13H,2-12H2,1H3,(H,16,19)/t13-/m1/s1. The topological polar surface area (TPSA) is 61.9 Å². The van der Waals surface area contributed by atoms with Crippen molar-refractivity contribution >= 4 is 11.8 Å². The number of piperidine rings is 1. The molecule has 2 aliphatic heterocycles. The lowest BCUT2D eigenvalue weighted by atomic mass is 10.0. The Kier molecular flexibility index (Phi) is 6.45. The molecule has 2 rings (SSSR count). The fourth-order valence-electron chi connectivity index (χ4n) is 3.06. The van der Waals surface area contributed by atoms with E-state index in [0.717, 1.165) is 25.8 Å². The van der Waals surface area contributed by atoms with E-state index in [9.17, 15) is 9.59 Å². The number of morpholine rings is 1. The molecule has 21 heavy (non-hydrogen) atoms. The van der Waals surface area contributed by atoms with Gasteiger partial charge in [0, 0.05) is 32.6 Å². The van der Waals surface area contributed by atoms with Crippen LogP contribution in [0.5, 0.6) is 0 Å². The van der Waals surface area contributed by atoms with Crippen molar-refractivity contribution in [2.75, 3.05) is 45.9 Å². The highest BCUT2D eigenvalue weighted by atomic mass is 16.5. The van der Waals surface area contributed by atoms with Gasteiger partial charge in [0.05, 0.1) is 19.3 Å². The number of ether oxygens (including phenoxy) is 1. The summed E-state index contributed by atoms with van der Waals surface area (Å²) in [4.78, 5) is 28.4. The van der Waals surface area contributed by atoms with Gasteiger partial charge in [-0.25, -0.2) is 0 Å². The second-order valence-corrected chi connectivity index (χ2v) is 5.69. The molecule has 0 radical (unpaired) electrons. The lowest BCUT2D eigenvalue weighted by Gasteiger charge is -2.38. The van der Waals surface area contributed by atoms with Gasteiger partial charge in [0.25, 0.3) is 0 Å². The Labute approximate surface area is 126 Å². The van der Waals surface area contributed by atoms with Gasteiger partial charge in [-0.3, -0.25) is 14.5 Å². The Bertz CT molecular complexity index is 356. The molecule has 0 unspecified atom stereocenters. The Morgan fingerprint density at radius 1 is 1.19 bits per heavy atom. The van der Waals surface area contributed by atoms with Gasteiger partial charge < -0.3 is 15.0 Å². The summed E-state index contributed by atoms with van der Waals surface area (Å²) in [5, 5.41) is 2.82. The molecule has 2 heterocycles. The molecule has 120 valence electrons. The van der Waals surface area contributed by atoms with E-state index in [0.29, 0.717) is 45.8 Å². The summed E-state index contributed by atoms with van der Waals surface area (Å²) in [5.41, 5.74) is 0. The van der Waals surface area contributed by atoms with Gasteiger partial charge in [-0.2, -0.15) is 0 Å². The Morgan fingerprint density at radius 3 is 2.67 bits per heavy atom. The molecule has 2 saturated heterocycles. The number of carbonyl (C=O) groups excluding carboxylic acids is 2. The van der Waals surface area contributed by atoms with Crippen molar-refractivity contribution in [1.82, 2.24) is 15.1 Å². The molecule has 0 aromatic carbocycles. The van der Waals surface area contributed by atoms with Crippen LogP contribution in [0.2, 0.25) is 0 Å². The first-order chi connectivity index (χ1) is 10.2. The largest absolute Gasteiger partial charge is 0.378 e. The summed E-state index contributed by atoms with van der Waals surface area (Å²) in [5.74, 6) is 0.287. The van der Waals surface area contributed by atoms with Crippen LogP contribution in [0.15, 0.2) is 0 Å². The number of hydrogen-bond donors (Lipinski definition) is 1. The van der Waals surface area contributed by atoms with Gasteiger partial charge in [-0.05, 0) is 26.3 Å². The van der Waals surface area contributed by atoms with E-state index < -0.39 is 0 Å². The molecule has 6 heteroatoms. The third kappa shape index (κ3) is 4.68. The molecular weight excluding hydrogens is 270 g/mol. The van der Waals surface area contributed by atoms with Crippen molar-refractivity contribution in [3.8, 4) is 0 Å². The summed E-state index contributed by atoms with van der Waals surface area (Å²) in [6, 6.07) is -0.0497. The lowest BCUT2D eigenvalue weighted by Crippen LogP contribution is -2.53. The molecular formula is C15H27N3O3. The summed E-state index contributed by atoms with van der Waals surface area (Å²) in [7, 11) is 0. The molecule has 0 bridgehead atoms. The summed E-state index contributed by atoms with van der Waals surface area (Å²) < 4.78 is 5.31. The zero-order valence-electron chi connectivity index (χ0n) is 13.0. The van der Waals surface area contributed by atoms with Crippen LogP contribution in [0.4, 0.5) is 0 Å². The fraction of sp³-hybridized carbons (Fsp3) is 0.867. The van der Waals surface area contributed by atoms with Crippen LogP contribution in [-0.2, 0) is 14.3 Å². The summed E-state index contributed by atoms with van der Waals surface area (Å²) in [6.07, 6.45) is 3.59. The van der Waals surface area contributed by atoms with Crippen LogP contribution < -0.4 is 5.32 Å². The Balaban J connectivity index is 1.88. The highest BCUT2D eigenvalue weighted by molar-refractivity contribution is 5.82. The van der Waals surface area contributed by atoms with Gasteiger partial charge in [0.1, 0.15) is 0 Å². The molecule has 6 nitrogen and oxygen atoms in total. The first-order valence-corrected chi connectivity index (χ1v) is 8.09. The molecule has 1 atom stereocenters. The monoisotopic (exact) mass is 297 g/mol. The molecule has 2 fully saturated rings. The number of nitrogens with one attached hydrogen (secondary N) is 1. The van der Waals surface area contributed by atoms with E-state index in [1.807, 2.05) is 11.8 Å². The smallest absolute Gasteiger partial charge is 0.240 e. The first kappa shape index (κ1) is 16.2. The number of rotatable bonds is 5. The van der Waals surface area contributed by atoms with Crippen molar-refractivity contribution < 1.29 is 14.3 Å². The van der Waals surface area contributed by atoms with E-state index in [1.54, 1.807) is 0 Å². The van der Waals surface area contributed by atoms with Crippen molar-refractivity contribution in [3.05, 3.63) is 0 Å². The molecule has 0 aromatic heterocycles. The molecule has 2 aliphatic rings. The second-order valence-electron chi connectivity index (χ2n) is 5.69. The van der Waals surface area contributed by atoms with Crippen molar-refractivity contribution in [3.63, 3.8) is 0 Å². The second kappa shape index (κ2) is 8.34. The van der Waals surface area contributed by atoms with Crippen LogP contribution >= 0.6 is 0 Å². The predicted octanol–water partition coefficient (Wildman–Crippen LogP) is 0.226. The van der Waals surface area contributed by atoms with Crippen LogP contribution in [0.25, 0.3) is 0 Å². The van der Waals surface area contributed by atoms with Crippen molar-refractivity contribution in [2.24, 2.45) is 0 Å². The maximum Gasteiger partial charge on any atom is 0.240 e. The third-order valence-corrected chi connectivity index (χ3v) is 4.22. The normalized spacial score (nSPS) is 23.9. The highest BCUT2D eigenvalue weighted by Crippen LogP contribution is 2.19. The molecule has 0 aliphatic carbocycles. The minimum atomic E-state index is -0.0497. The first-order valence-electron chi connectivity index (χ1n) is 8.09. The van der Waals surface area contributed by atoms with E-state index in [2.05, 4.69) is 10.2 Å². The lowest BCUT2D eigenvalue weighted by molar-refractivity contribution is -0.142. The molecule has 0 saturated carbocycles. The zero-order chi connectivity index (χ0) is 15.1. The van der Waals surface area contributed by atoms with Gasteiger partial charge in [0.15, 0.2) is 0 Å². The Hall–Kier alpha value is -1.14. The van der Waals surface area contributed by atoms with E-state index in [4.69, 9.17) is 4.74 Å². The number of likely N-dealkylation sites (tertiary alicyclic amines) is 1. The number of carbonyl (C=O) groups is 2. The minimum absolute atomic E-state index is 0.0497. The number of hydrogen-bond acceptors (Lipinski definition) is 4. The predicted molar refractivity (Wildman–Crippen MR) is 79.9 cm³/mol. The quantitative estimate of drug-likeness (QED) is 0.789. The number of nitrogens with zero attached hydrogens (tertiary/aromatic N) is 2. The van der Waals surface area contributed by atoms with Crippen molar-refractivity contribution in [2.45, 2.75) is 38.6 Å². The molecule has 0 aromatic rings. The third-order valence-electron chi connectivity index (χ3n) is 4.22. The average molecular weight is 297 g/mol. The van der Waals surface area contributed by atoms with Crippen LogP contribution in [0.1, 0.15) is 32.6 Å². The van der Waals surface area contributed by atoms with E-state index in [-0.39, 0.29) is 17.9 Å². The van der Waals surface area contributed by atoms with Crippen LogP contribution in [0.3, 0.4) is 0 Å². The SMILES string of the molecule is CCNC(=O)CCN1CCCC[C@@H]1C(=O)N1CCOCC1. The minimum Gasteiger partial charge on any atom is -0.378 e. The summed E-state index contributed by atoms with van der Waals surface area (Å²) in [6.45, 7) is 6.83. The fourth-order valence-corrected chi connectivity index (χ4v) is 3.06. The molecule has 2 amide bonds. The van der Waals surface area contributed by atoms with Gasteiger partial charge >= 0.3 is 0 Å². The molecule has 0 spiro atoms. The van der Waals surface area contributed by atoms with Gasteiger partial charge in [-0.15, -0.1) is 0 Å². The average Bonchev–Trinajstić information content (AvgIpc) is 2.54. The van der Waals surface area contributed by atoms with Crippen LogP contribution in [-0.4, -0.2) is 73.6 Å². The zero-order valence-corrected chi connectivity index (χ0v) is 13.0. The maximum absolute atomic E-state index is 12.7. The molecule has 1 N–H and O–H groups in total. The van der Waals surface area contributed by atoms with E-state index in [1.165, 1.54) is 0 Å². The maximum atomic E-state index is 12.7.